The normalized spacial score (nSPS) is 14.4. The first-order valence-electron chi connectivity index (χ1n) is 5.98. The smallest absolute Gasteiger partial charge is 0.188 e. The lowest BCUT2D eigenvalue weighted by atomic mass is 9.93. The summed E-state index contributed by atoms with van der Waals surface area (Å²) in [6, 6.07) is 0.390. The summed E-state index contributed by atoms with van der Waals surface area (Å²) in [6.07, 6.45) is 1.05. The highest BCUT2D eigenvalue weighted by Crippen LogP contribution is 2.15. The molecule has 0 saturated heterocycles. The van der Waals surface area contributed by atoms with E-state index in [1.807, 2.05) is 0 Å². The molecule has 3 N–H and O–H groups in total. The molecule has 0 saturated carbocycles. The zero-order valence-corrected chi connectivity index (χ0v) is 14.4. The van der Waals surface area contributed by atoms with Gasteiger partial charge in [-0.15, -0.1) is 24.0 Å². The fourth-order valence-electron chi connectivity index (χ4n) is 1.61. The van der Waals surface area contributed by atoms with Crippen molar-refractivity contribution in [3.63, 3.8) is 0 Å². The van der Waals surface area contributed by atoms with Crippen molar-refractivity contribution in [3.05, 3.63) is 0 Å². The van der Waals surface area contributed by atoms with E-state index in [1.54, 1.807) is 0 Å². The first-order valence-corrected chi connectivity index (χ1v) is 5.98. The van der Waals surface area contributed by atoms with E-state index in [2.05, 4.69) is 57.0 Å². The summed E-state index contributed by atoms with van der Waals surface area (Å²) in [6.45, 7) is 10.4. The van der Waals surface area contributed by atoms with Crippen molar-refractivity contribution in [1.29, 1.82) is 0 Å². The minimum absolute atomic E-state index is 0. The Bertz CT molecular complexity index is 227. The van der Waals surface area contributed by atoms with Crippen LogP contribution in [0.4, 0.5) is 0 Å². The number of halogens is 1. The van der Waals surface area contributed by atoms with Crippen molar-refractivity contribution in [2.45, 2.75) is 40.2 Å². The van der Waals surface area contributed by atoms with Crippen LogP contribution in [0.2, 0.25) is 0 Å². The van der Waals surface area contributed by atoms with Crippen LogP contribution >= 0.6 is 24.0 Å². The average molecular weight is 356 g/mol. The molecule has 0 aliphatic rings. The molecular weight excluding hydrogens is 327 g/mol. The largest absolute Gasteiger partial charge is 0.370 e. The van der Waals surface area contributed by atoms with Crippen LogP contribution in [0.3, 0.4) is 0 Å². The molecule has 0 aromatic rings. The van der Waals surface area contributed by atoms with Crippen LogP contribution in [0.5, 0.6) is 0 Å². The van der Waals surface area contributed by atoms with E-state index in [0.29, 0.717) is 12.0 Å². The fraction of sp³-hybridized carbons (Fsp3) is 0.917. The zero-order chi connectivity index (χ0) is 12.8. The third-order valence-electron chi connectivity index (χ3n) is 2.43. The Hall–Kier alpha value is -0.0400. The van der Waals surface area contributed by atoms with Crippen LogP contribution in [0.1, 0.15) is 34.1 Å². The third kappa shape index (κ3) is 10.8. The Labute approximate surface area is 123 Å². The van der Waals surface area contributed by atoms with Crippen LogP contribution in [0, 0.1) is 5.41 Å². The molecule has 0 aliphatic carbocycles. The maximum absolute atomic E-state index is 5.81. The van der Waals surface area contributed by atoms with Crippen LogP contribution in [0.15, 0.2) is 4.99 Å². The van der Waals surface area contributed by atoms with Gasteiger partial charge in [-0.05, 0) is 32.9 Å². The predicted octanol–water partition coefficient (Wildman–Crippen LogP) is 1.90. The molecule has 0 aliphatic heterocycles. The Morgan fingerprint density at radius 1 is 1.41 bits per heavy atom. The SMILES string of the molecule is CCC(C)NC(N)=NCC(C)(C)CN(C)C.I. The number of hydrogen-bond acceptors (Lipinski definition) is 2. The molecule has 104 valence electrons. The quantitative estimate of drug-likeness (QED) is 0.434. The molecule has 1 atom stereocenters. The van der Waals surface area contributed by atoms with Crippen LogP contribution in [0.25, 0.3) is 0 Å². The summed E-state index contributed by atoms with van der Waals surface area (Å²) < 4.78 is 0. The average Bonchev–Trinajstić information content (AvgIpc) is 2.13. The highest BCUT2D eigenvalue weighted by Gasteiger charge is 2.18. The van der Waals surface area contributed by atoms with Crippen LogP contribution < -0.4 is 11.1 Å². The van der Waals surface area contributed by atoms with E-state index >= 15 is 0 Å². The number of rotatable bonds is 6. The van der Waals surface area contributed by atoms with Crippen molar-refractivity contribution < 1.29 is 0 Å². The second kappa shape index (κ2) is 8.97. The lowest BCUT2D eigenvalue weighted by Gasteiger charge is -2.26. The second-order valence-corrected chi connectivity index (χ2v) is 5.56. The van der Waals surface area contributed by atoms with E-state index in [4.69, 9.17) is 5.73 Å². The monoisotopic (exact) mass is 356 g/mol. The summed E-state index contributed by atoms with van der Waals surface area (Å²) >= 11 is 0. The van der Waals surface area contributed by atoms with Gasteiger partial charge in [-0.3, -0.25) is 4.99 Å². The Morgan fingerprint density at radius 2 is 1.94 bits per heavy atom. The second-order valence-electron chi connectivity index (χ2n) is 5.56. The predicted molar refractivity (Wildman–Crippen MR) is 87.1 cm³/mol. The summed E-state index contributed by atoms with van der Waals surface area (Å²) in [5.74, 6) is 0.557. The molecule has 5 heteroatoms. The number of aliphatic imine (C=N–C) groups is 1. The molecule has 0 aromatic carbocycles. The van der Waals surface area contributed by atoms with Gasteiger partial charge in [0.2, 0.25) is 0 Å². The molecule has 4 nitrogen and oxygen atoms in total. The van der Waals surface area contributed by atoms with Crippen molar-refractivity contribution in [2.24, 2.45) is 16.1 Å². The van der Waals surface area contributed by atoms with Crippen molar-refractivity contribution in [2.75, 3.05) is 27.2 Å². The van der Waals surface area contributed by atoms with E-state index in [0.717, 1.165) is 19.5 Å². The minimum Gasteiger partial charge on any atom is -0.370 e. The number of nitrogens with one attached hydrogen (secondary N) is 1. The van der Waals surface area contributed by atoms with Gasteiger partial charge in [0, 0.05) is 19.1 Å². The van der Waals surface area contributed by atoms with E-state index in [9.17, 15) is 0 Å². The Kier molecular flexibility index (Phi) is 10.2. The van der Waals surface area contributed by atoms with Crippen molar-refractivity contribution >= 4 is 29.9 Å². The topological polar surface area (TPSA) is 53.6 Å². The van der Waals surface area contributed by atoms with Crippen LogP contribution in [-0.2, 0) is 0 Å². The molecule has 0 amide bonds. The fourth-order valence-corrected chi connectivity index (χ4v) is 1.61. The molecule has 0 fully saturated rings. The van der Waals surface area contributed by atoms with Crippen molar-refractivity contribution in [3.8, 4) is 0 Å². The Balaban J connectivity index is 0. The lowest BCUT2D eigenvalue weighted by molar-refractivity contribution is 0.249. The van der Waals surface area contributed by atoms with Crippen molar-refractivity contribution in [1.82, 2.24) is 10.2 Å². The third-order valence-corrected chi connectivity index (χ3v) is 2.43. The summed E-state index contributed by atoms with van der Waals surface area (Å²) in [7, 11) is 4.15. The molecule has 0 heterocycles. The van der Waals surface area contributed by atoms with Gasteiger partial charge in [-0.25, -0.2) is 0 Å². The summed E-state index contributed by atoms with van der Waals surface area (Å²) in [5, 5.41) is 3.17. The highest BCUT2D eigenvalue weighted by molar-refractivity contribution is 14.0. The maximum Gasteiger partial charge on any atom is 0.188 e. The highest BCUT2D eigenvalue weighted by atomic mass is 127. The zero-order valence-electron chi connectivity index (χ0n) is 12.1. The molecule has 0 bridgehead atoms. The standard InChI is InChI=1S/C12H28N4.HI/c1-7-10(2)15-11(13)14-8-12(3,4)9-16(5)6;/h10H,7-9H2,1-6H3,(H3,13,14,15);1H. The van der Waals surface area contributed by atoms with Gasteiger partial charge < -0.3 is 16.0 Å². The van der Waals surface area contributed by atoms with Gasteiger partial charge in [0.15, 0.2) is 5.96 Å². The van der Waals surface area contributed by atoms with Crippen LogP contribution in [-0.4, -0.2) is 44.1 Å². The van der Waals surface area contributed by atoms with E-state index in [-0.39, 0.29) is 29.4 Å². The molecule has 0 aromatic heterocycles. The number of hydrogen-bond donors (Lipinski definition) is 2. The molecule has 0 spiro atoms. The minimum atomic E-state index is 0. The Morgan fingerprint density at radius 3 is 2.35 bits per heavy atom. The van der Waals surface area contributed by atoms with Gasteiger partial charge in [0.1, 0.15) is 0 Å². The van der Waals surface area contributed by atoms with Gasteiger partial charge in [0.05, 0.1) is 0 Å². The van der Waals surface area contributed by atoms with Gasteiger partial charge >= 0.3 is 0 Å². The molecule has 1 unspecified atom stereocenters. The molecule has 17 heavy (non-hydrogen) atoms. The number of guanidine groups is 1. The number of nitrogens with zero attached hydrogens (tertiary/aromatic N) is 2. The van der Waals surface area contributed by atoms with Gasteiger partial charge in [0.25, 0.3) is 0 Å². The number of nitrogens with two attached hydrogens (primary N) is 1. The lowest BCUT2D eigenvalue weighted by Crippen LogP contribution is -2.39. The van der Waals surface area contributed by atoms with E-state index in [1.165, 1.54) is 0 Å². The first-order chi connectivity index (χ1) is 7.26. The van der Waals surface area contributed by atoms with Gasteiger partial charge in [-0.2, -0.15) is 0 Å². The maximum atomic E-state index is 5.81. The molecule has 0 rings (SSSR count). The summed E-state index contributed by atoms with van der Waals surface area (Å²) in [5.41, 5.74) is 5.97. The van der Waals surface area contributed by atoms with Gasteiger partial charge in [-0.1, -0.05) is 20.8 Å². The first kappa shape index (κ1) is 19.3. The molecule has 0 radical (unpaired) electrons. The summed E-state index contributed by atoms with van der Waals surface area (Å²) in [4.78, 5) is 6.57. The van der Waals surface area contributed by atoms with E-state index < -0.39 is 0 Å². The molecular formula is C12H29IN4.